The van der Waals surface area contributed by atoms with Crippen LogP contribution in [0.4, 0.5) is 5.69 Å². The summed E-state index contributed by atoms with van der Waals surface area (Å²) in [6, 6.07) is 5.55. The van der Waals surface area contributed by atoms with Crippen molar-refractivity contribution in [1.29, 1.82) is 0 Å². The molecule has 0 aliphatic heterocycles. The lowest BCUT2D eigenvalue weighted by molar-refractivity contribution is -0.385. The van der Waals surface area contributed by atoms with Crippen LogP contribution >= 0.6 is 0 Å². The number of benzene rings is 1. The van der Waals surface area contributed by atoms with Gasteiger partial charge in [0.25, 0.3) is 11.6 Å². The largest absolute Gasteiger partial charge is 0.449 e. The highest BCUT2D eigenvalue weighted by atomic mass is 16.6. The topological polar surface area (TPSA) is 108 Å². The van der Waals surface area contributed by atoms with Gasteiger partial charge in [0.15, 0.2) is 11.9 Å². The summed E-state index contributed by atoms with van der Waals surface area (Å²) in [4.78, 5) is 26.1. The standard InChI is InChI=1S/C12H11N3O5/c1-7(11-13-8(2)14-20-11)19-12(16)9-5-3-4-6-10(9)15(17)18/h3-7H,1-2H3. The summed E-state index contributed by atoms with van der Waals surface area (Å²) in [5, 5.41) is 14.4. The first kappa shape index (κ1) is 13.7. The van der Waals surface area contributed by atoms with E-state index >= 15 is 0 Å². The molecular weight excluding hydrogens is 266 g/mol. The molecule has 0 aliphatic carbocycles. The van der Waals surface area contributed by atoms with Gasteiger partial charge in [-0.2, -0.15) is 4.98 Å². The van der Waals surface area contributed by atoms with Crippen molar-refractivity contribution in [3.8, 4) is 0 Å². The summed E-state index contributed by atoms with van der Waals surface area (Å²) >= 11 is 0. The van der Waals surface area contributed by atoms with E-state index in [0.29, 0.717) is 5.82 Å². The number of aryl methyl sites for hydroxylation is 1. The van der Waals surface area contributed by atoms with Crippen LogP contribution in [-0.4, -0.2) is 21.0 Å². The van der Waals surface area contributed by atoms with Crippen LogP contribution in [0.3, 0.4) is 0 Å². The van der Waals surface area contributed by atoms with Gasteiger partial charge in [-0.15, -0.1) is 0 Å². The van der Waals surface area contributed by atoms with E-state index in [1.807, 2.05) is 0 Å². The van der Waals surface area contributed by atoms with Gasteiger partial charge in [-0.25, -0.2) is 4.79 Å². The predicted octanol–water partition coefficient (Wildman–Crippen LogP) is 2.20. The van der Waals surface area contributed by atoms with E-state index in [0.717, 1.165) is 0 Å². The van der Waals surface area contributed by atoms with E-state index in [2.05, 4.69) is 10.1 Å². The lowest BCUT2D eigenvalue weighted by Gasteiger charge is -2.09. The lowest BCUT2D eigenvalue weighted by atomic mass is 10.2. The number of ether oxygens (including phenoxy) is 1. The molecule has 1 unspecified atom stereocenters. The third-order valence-corrected chi connectivity index (χ3v) is 2.50. The Labute approximate surface area is 113 Å². The van der Waals surface area contributed by atoms with Crippen molar-refractivity contribution in [2.45, 2.75) is 20.0 Å². The molecule has 0 saturated heterocycles. The number of hydrogen-bond acceptors (Lipinski definition) is 7. The van der Waals surface area contributed by atoms with Crippen molar-refractivity contribution >= 4 is 11.7 Å². The maximum absolute atomic E-state index is 11.9. The fraction of sp³-hybridized carbons (Fsp3) is 0.250. The second-order valence-corrected chi connectivity index (χ2v) is 4.00. The van der Waals surface area contributed by atoms with Gasteiger partial charge in [-0.05, 0) is 19.9 Å². The Hall–Kier alpha value is -2.77. The molecular formula is C12H11N3O5. The zero-order valence-electron chi connectivity index (χ0n) is 10.8. The number of carbonyl (C=O) groups is 1. The fourth-order valence-corrected chi connectivity index (χ4v) is 1.56. The third kappa shape index (κ3) is 2.79. The number of carbonyl (C=O) groups excluding carboxylic acids is 1. The van der Waals surface area contributed by atoms with Gasteiger partial charge in [0, 0.05) is 6.07 Å². The smallest absolute Gasteiger partial charge is 0.345 e. The molecule has 8 nitrogen and oxygen atoms in total. The second kappa shape index (κ2) is 5.47. The summed E-state index contributed by atoms with van der Waals surface area (Å²) in [6.45, 7) is 3.17. The van der Waals surface area contributed by atoms with Crippen molar-refractivity contribution in [3.63, 3.8) is 0 Å². The number of aromatic nitrogens is 2. The van der Waals surface area contributed by atoms with E-state index in [-0.39, 0.29) is 17.1 Å². The number of nitrogens with zero attached hydrogens (tertiary/aromatic N) is 3. The van der Waals surface area contributed by atoms with Crippen LogP contribution in [0, 0.1) is 17.0 Å². The van der Waals surface area contributed by atoms with Crippen LogP contribution in [-0.2, 0) is 4.74 Å². The Kier molecular flexibility index (Phi) is 3.74. The van der Waals surface area contributed by atoms with Gasteiger partial charge in [-0.1, -0.05) is 17.3 Å². The second-order valence-electron chi connectivity index (χ2n) is 4.00. The van der Waals surface area contributed by atoms with Gasteiger partial charge in [0.1, 0.15) is 5.56 Å². The lowest BCUT2D eigenvalue weighted by Crippen LogP contribution is -2.11. The van der Waals surface area contributed by atoms with Crippen LogP contribution in [0.5, 0.6) is 0 Å². The van der Waals surface area contributed by atoms with E-state index < -0.39 is 17.0 Å². The molecule has 0 aliphatic rings. The zero-order chi connectivity index (χ0) is 14.7. The minimum absolute atomic E-state index is 0.124. The number of rotatable bonds is 4. The zero-order valence-corrected chi connectivity index (χ0v) is 10.8. The first-order valence-electron chi connectivity index (χ1n) is 5.73. The van der Waals surface area contributed by atoms with Crippen LogP contribution in [0.2, 0.25) is 0 Å². The molecule has 2 aromatic rings. The molecule has 0 radical (unpaired) electrons. The van der Waals surface area contributed by atoms with Crippen molar-refractivity contribution < 1.29 is 19.0 Å². The van der Waals surface area contributed by atoms with E-state index in [4.69, 9.17) is 9.26 Å². The quantitative estimate of drug-likeness (QED) is 0.478. The first-order valence-corrected chi connectivity index (χ1v) is 5.73. The maximum Gasteiger partial charge on any atom is 0.345 e. The molecule has 104 valence electrons. The Morgan fingerprint density at radius 3 is 2.75 bits per heavy atom. The molecule has 8 heteroatoms. The summed E-state index contributed by atoms with van der Waals surface area (Å²) in [6.07, 6.45) is -0.788. The summed E-state index contributed by atoms with van der Waals surface area (Å²) in [7, 11) is 0. The molecule has 2 rings (SSSR count). The van der Waals surface area contributed by atoms with Gasteiger partial charge in [0.2, 0.25) is 0 Å². The number of para-hydroxylation sites is 1. The van der Waals surface area contributed by atoms with Gasteiger partial charge in [-0.3, -0.25) is 10.1 Å². The molecule has 0 N–H and O–H groups in total. The molecule has 1 heterocycles. The minimum Gasteiger partial charge on any atom is -0.449 e. The summed E-state index contributed by atoms with van der Waals surface area (Å²) in [5.41, 5.74) is -0.438. The first-order chi connectivity index (χ1) is 9.49. The molecule has 20 heavy (non-hydrogen) atoms. The van der Waals surface area contributed by atoms with E-state index in [1.165, 1.54) is 24.3 Å². The average Bonchev–Trinajstić information content (AvgIpc) is 2.85. The van der Waals surface area contributed by atoms with Crippen molar-refractivity contribution in [1.82, 2.24) is 10.1 Å². The summed E-state index contributed by atoms with van der Waals surface area (Å²) in [5.74, 6) is -0.274. The molecule has 1 atom stereocenters. The Bertz CT molecular complexity index is 652. The third-order valence-electron chi connectivity index (χ3n) is 2.50. The molecule has 1 aromatic carbocycles. The number of hydrogen-bond donors (Lipinski definition) is 0. The highest BCUT2D eigenvalue weighted by molar-refractivity contribution is 5.93. The van der Waals surface area contributed by atoms with E-state index in [9.17, 15) is 14.9 Å². The molecule has 0 spiro atoms. The minimum atomic E-state index is -0.819. The number of nitro groups is 1. The summed E-state index contributed by atoms with van der Waals surface area (Å²) < 4.78 is 9.96. The average molecular weight is 277 g/mol. The van der Waals surface area contributed by atoms with Crippen molar-refractivity contribution in [2.24, 2.45) is 0 Å². The van der Waals surface area contributed by atoms with Gasteiger partial charge < -0.3 is 9.26 Å². The number of esters is 1. The van der Waals surface area contributed by atoms with E-state index in [1.54, 1.807) is 13.8 Å². The number of nitro benzene ring substituents is 1. The highest BCUT2D eigenvalue weighted by Crippen LogP contribution is 2.22. The fourth-order valence-electron chi connectivity index (χ4n) is 1.56. The van der Waals surface area contributed by atoms with Crippen molar-refractivity contribution in [2.75, 3.05) is 0 Å². The normalized spacial score (nSPS) is 11.9. The molecule has 0 fully saturated rings. The highest BCUT2D eigenvalue weighted by Gasteiger charge is 2.24. The monoisotopic (exact) mass is 277 g/mol. The SMILES string of the molecule is Cc1noc(C(C)OC(=O)c2ccccc2[N+](=O)[O-])n1. The molecule has 0 amide bonds. The van der Waals surface area contributed by atoms with Crippen LogP contribution in [0.15, 0.2) is 28.8 Å². The Morgan fingerprint density at radius 2 is 2.15 bits per heavy atom. The molecule has 0 saturated carbocycles. The molecule has 1 aromatic heterocycles. The van der Waals surface area contributed by atoms with Crippen LogP contribution < -0.4 is 0 Å². The van der Waals surface area contributed by atoms with Crippen molar-refractivity contribution in [3.05, 3.63) is 51.7 Å². The van der Waals surface area contributed by atoms with Gasteiger partial charge >= 0.3 is 5.97 Å². The molecule has 0 bridgehead atoms. The Balaban J connectivity index is 2.18. The van der Waals surface area contributed by atoms with Gasteiger partial charge in [0.05, 0.1) is 4.92 Å². The van der Waals surface area contributed by atoms with Crippen LogP contribution in [0.1, 0.15) is 35.1 Å². The Morgan fingerprint density at radius 1 is 1.45 bits per heavy atom. The maximum atomic E-state index is 11.9. The van der Waals surface area contributed by atoms with Crippen LogP contribution in [0.25, 0.3) is 0 Å². The predicted molar refractivity (Wildman–Crippen MR) is 66.0 cm³/mol.